The fourth-order valence-corrected chi connectivity index (χ4v) is 4.08. The van der Waals surface area contributed by atoms with Crippen LogP contribution in [0.5, 0.6) is 0 Å². The summed E-state index contributed by atoms with van der Waals surface area (Å²) in [5.41, 5.74) is 1.64. The van der Waals surface area contributed by atoms with Crippen molar-refractivity contribution >= 4 is 51.5 Å². The number of anilines is 2. The first-order chi connectivity index (χ1) is 12.0. The van der Waals surface area contributed by atoms with Gasteiger partial charge in [-0.1, -0.05) is 24.0 Å². The van der Waals surface area contributed by atoms with Crippen molar-refractivity contribution in [2.45, 2.75) is 33.1 Å². The smallest absolute Gasteiger partial charge is 0.227 e. The van der Waals surface area contributed by atoms with Gasteiger partial charge in [-0.2, -0.15) is 0 Å². The molecule has 1 fully saturated rings. The SMILES string of the molecule is CCN(CC)C(=S)SCCC(=O)Nc1ccc(N2CCCC2=O)cc1. The molecule has 1 aromatic rings. The molecule has 0 radical (unpaired) electrons. The molecule has 1 heterocycles. The first-order valence-corrected chi connectivity index (χ1v) is 10.1. The summed E-state index contributed by atoms with van der Waals surface area (Å²) < 4.78 is 0.845. The molecule has 1 N–H and O–H groups in total. The molecule has 0 aliphatic carbocycles. The van der Waals surface area contributed by atoms with E-state index in [4.69, 9.17) is 12.2 Å². The molecule has 0 bridgehead atoms. The van der Waals surface area contributed by atoms with Crippen molar-refractivity contribution in [2.75, 3.05) is 35.6 Å². The van der Waals surface area contributed by atoms with E-state index in [9.17, 15) is 9.59 Å². The number of amides is 2. The van der Waals surface area contributed by atoms with Gasteiger partial charge in [0.25, 0.3) is 0 Å². The standard InChI is InChI=1S/C18H25N3O2S2/c1-3-20(4-2)18(24)25-13-11-16(22)19-14-7-9-15(10-8-14)21-12-5-6-17(21)23/h7-10H,3-6,11-13H2,1-2H3,(H,19,22). The Hall–Kier alpha value is -1.60. The minimum absolute atomic E-state index is 0.0279. The van der Waals surface area contributed by atoms with Gasteiger partial charge in [0.05, 0.1) is 0 Å². The lowest BCUT2D eigenvalue weighted by Gasteiger charge is -2.20. The molecule has 1 aliphatic rings. The third kappa shape index (κ3) is 5.71. The Bertz CT molecular complexity index is 615. The molecule has 1 aliphatic heterocycles. The number of nitrogens with one attached hydrogen (secondary N) is 1. The van der Waals surface area contributed by atoms with Crippen molar-refractivity contribution in [1.29, 1.82) is 0 Å². The van der Waals surface area contributed by atoms with Crippen LogP contribution in [0.15, 0.2) is 24.3 Å². The van der Waals surface area contributed by atoms with Crippen LogP contribution in [-0.2, 0) is 9.59 Å². The summed E-state index contributed by atoms with van der Waals surface area (Å²) >= 11 is 6.90. The number of hydrogen-bond acceptors (Lipinski definition) is 4. The minimum atomic E-state index is -0.0279. The highest BCUT2D eigenvalue weighted by molar-refractivity contribution is 8.22. The zero-order valence-corrected chi connectivity index (χ0v) is 16.4. The van der Waals surface area contributed by atoms with Crippen LogP contribution >= 0.6 is 24.0 Å². The number of nitrogens with zero attached hydrogens (tertiary/aromatic N) is 2. The summed E-state index contributed by atoms with van der Waals surface area (Å²) in [6, 6.07) is 7.44. The minimum Gasteiger partial charge on any atom is -0.358 e. The molecule has 0 saturated carbocycles. The number of carbonyl (C=O) groups is 2. The second-order valence-corrected chi connectivity index (χ2v) is 7.51. The summed E-state index contributed by atoms with van der Waals surface area (Å²) in [6.07, 6.45) is 1.94. The second-order valence-electron chi connectivity index (χ2n) is 5.78. The molecule has 5 nitrogen and oxygen atoms in total. The third-order valence-electron chi connectivity index (χ3n) is 4.11. The Balaban J connectivity index is 1.77. The lowest BCUT2D eigenvalue weighted by molar-refractivity contribution is -0.117. The summed E-state index contributed by atoms with van der Waals surface area (Å²) in [4.78, 5) is 27.7. The van der Waals surface area contributed by atoms with Crippen molar-refractivity contribution in [3.8, 4) is 0 Å². The summed E-state index contributed by atoms with van der Waals surface area (Å²) in [5.74, 6) is 0.805. The van der Waals surface area contributed by atoms with Crippen LogP contribution < -0.4 is 10.2 Å². The monoisotopic (exact) mass is 379 g/mol. The van der Waals surface area contributed by atoms with Crippen LogP contribution in [0.4, 0.5) is 11.4 Å². The van der Waals surface area contributed by atoms with Crippen molar-refractivity contribution in [3.63, 3.8) is 0 Å². The summed E-state index contributed by atoms with van der Waals surface area (Å²) in [7, 11) is 0. The van der Waals surface area contributed by atoms with Crippen LogP contribution in [0.3, 0.4) is 0 Å². The average Bonchev–Trinajstić information content (AvgIpc) is 3.03. The maximum Gasteiger partial charge on any atom is 0.227 e. The van der Waals surface area contributed by atoms with Crippen LogP contribution in [0.1, 0.15) is 33.1 Å². The Labute approximate surface area is 159 Å². The van der Waals surface area contributed by atoms with Crippen LogP contribution in [0.25, 0.3) is 0 Å². The van der Waals surface area contributed by atoms with Gasteiger partial charge in [0, 0.05) is 49.6 Å². The van der Waals surface area contributed by atoms with Gasteiger partial charge >= 0.3 is 0 Å². The van der Waals surface area contributed by atoms with Crippen molar-refractivity contribution in [3.05, 3.63) is 24.3 Å². The van der Waals surface area contributed by atoms with E-state index in [1.807, 2.05) is 24.3 Å². The van der Waals surface area contributed by atoms with E-state index in [2.05, 4.69) is 24.1 Å². The molecular formula is C18H25N3O2S2. The van der Waals surface area contributed by atoms with Gasteiger partial charge in [-0.15, -0.1) is 0 Å². The van der Waals surface area contributed by atoms with E-state index < -0.39 is 0 Å². The van der Waals surface area contributed by atoms with Crippen LogP contribution in [0.2, 0.25) is 0 Å². The van der Waals surface area contributed by atoms with Crippen molar-refractivity contribution < 1.29 is 9.59 Å². The fourth-order valence-electron chi connectivity index (χ4n) is 2.67. The topological polar surface area (TPSA) is 52.7 Å². The molecule has 0 spiro atoms. The summed E-state index contributed by atoms with van der Waals surface area (Å²) in [5, 5.41) is 2.89. The van der Waals surface area contributed by atoms with Crippen molar-refractivity contribution in [1.82, 2.24) is 4.90 Å². The first kappa shape index (κ1) is 19.7. The number of thioether (sulfide) groups is 1. The number of carbonyl (C=O) groups excluding carboxylic acids is 2. The predicted octanol–water partition coefficient (Wildman–Crippen LogP) is 3.50. The fraction of sp³-hybridized carbons (Fsp3) is 0.500. The van der Waals surface area contributed by atoms with E-state index in [1.54, 1.807) is 16.7 Å². The van der Waals surface area contributed by atoms with Crippen LogP contribution in [-0.4, -0.2) is 46.4 Å². The molecule has 2 rings (SSSR count). The Morgan fingerprint density at radius 2 is 1.96 bits per heavy atom. The molecular weight excluding hydrogens is 354 g/mol. The largest absolute Gasteiger partial charge is 0.358 e. The van der Waals surface area contributed by atoms with Gasteiger partial charge in [-0.3, -0.25) is 9.59 Å². The molecule has 7 heteroatoms. The van der Waals surface area contributed by atoms with Gasteiger partial charge in [-0.05, 0) is 44.5 Å². The molecule has 25 heavy (non-hydrogen) atoms. The van der Waals surface area contributed by atoms with Crippen LogP contribution in [0, 0.1) is 0 Å². The van der Waals surface area contributed by atoms with E-state index in [0.29, 0.717) is 18.6 Å². The molecule has 0 aromatic heterocycles. The maximum atomic E-state index is 12.1. The highest BCUT2D eigenvalue weighted by Crippen LogP contribution is 2.23. The number of thiocarbonyl (C=S) groups is 1. The Morgan fingerprint density at radius 3 is 2.52 bits per heavy atom. The molecule has 2 amide bonds. The number of rotatable bonds is 7. The van der Waals surface area contributed by atoms with Gasteiger partial charge in [0.15, 0.2) is 0 Å². The van der Waals surface area contributed by atoms with E-state index in [-0.39, 0.29) is 11.8 Å². The van der Waals surface area contributed by atoms with Crippen molar-refractivity contribution in [2.24, 2.45) is 0 Å². The van der Waals surface area contributed by atoms with E-state index in [0.717, 1.165) is 41.8 Å². The quantitative estimate of drug-likeness (QED) is 0.735. The number of hydrogen-bond donors (Lipinski definition) is 1. The van der Waals surface area contributed by atoms with E-state index in [1.165, 1.54) is 0 Å². The lowest BCUT2D eigenvalue weighted by Crippen LogP contribution is -2.27. The van der Waals surface area contributed by atoms with Gasteiger partial charge < -0.3 is 15.1 Å². The highest BCUT2D eigenvalue weighted by Gasteiger charge is 2.21. The predicted molar refractivity (Wildman–Crippen MR) is 109 cm³/mol. The Morgan fingerprint density at radius 1 is 1.28 bits per heavy atom. The normalized spacial score (nSPS) is 13.8. The zero-order chi connectivity index (χ0) is 18.2. The summed E-state index contributed by atoms with van der Waals surface area (Å²) in [6.45, 7) is 6.69. The van der Waals surface area contributed by atoms with Gasteiger partial charge in [0.1, 0.15) is 4.32 Å². The highest BCUT2D eigenvalue weighted by atomic mass is 32.2. The zero-order valence-electron chi connectivity index (χ0n) is 14.8. The van der Waals surface area contributed by atoms with Gasteiger partial charge in [0.2, 0.25) is 11.8 Å². The Kier molecular flexibility index (Phi) is 7.71. The average molecular weight is 380 g/mol. The first-order valence-electron chi connectivity index (χ1n) is 8.67. The maximum absolute atomic E-state index is 12.1. The lowest BCUT2D eigenvalue weighted by atomic mass is 10.2. The molecule has 136 valence electrons. The van der Waals surface area contributed by atoms with Gasteiger partial charge in [-0.25, -0.2) is 0 Å². The third-order valence-corrected chi connectivity index (χ3v) is 5.64. The molecule has 1 saturated heterocycles. The molecule has 1 aromatic carbocycles. The second kappa shape index (κ2) is 9.77. The number of benzene rings is 1. The van der Waals surface area contributed by atoms with E-state index >= 15 is 0 Å². The molecule has 0 atom stereocenters. The molecule has 0 unspecified atom stereocenters.